The van der Waals surface area contributed by atoms with E-state index in [1.807, 2.05) is 43.3 Å². The molecule has 1 heterocycles. The van der Waals surface area contributed by atoms with Crippen LogP contribution in [0.5, 0.6) is 0 Å². The van der Waals surface area contributed by atoms with E-state index in [0.717, 1.165) is 11.3 Å². The van der Waals surface area contributed by atoms with Crippen LogP contribution in [-0.2, 0) is 6.54 Å². The first kappa shape index (κ1) is 11.2. The zero-order valence-corrected chi connectivity index (χ0v) is 9.70. The summed E-state index contributed by atoms with van der Waals surface area (Å²) in [5.74, 6) is 0.245. The number of H-pyrrole nitrogens is 1. The fourth-order valence-corrected chi connectivity index (χ4v) is 1.28. The highest BCUT2D eigenvalue weighted by Gasteiger charge is 1.96. The second kappa shape index (κ2) is 5.15. The molecule has 1 N–H and O–H groups in total. The van der Waals surface area contributed by atoms with Gasteiger partial charge in [-0.2, -0.15) is 10.3 Å². The van der Waals surface area contributed by atoms with Crippen molar-refractivity contribution in [3.8, 4) is 0 Å². The smallest absolute Gasteiger partial charge is 0.307 e. The number of azo groups is 1. The van der Waals surface area contributed by atoms with E-state index in [9.17, 15) is 0 Å². The molecule has 7 nitrogen and oxygen atoms in total. The van der Waals surface area contributed by atoms with Gasteiger partial charge in [-0.05, 0) is 22.9 Å². The SMILES string of the molecule is CN(C)c1ccc(CN=Nc2nn[nH]n2)cc1. The molecule has 0 bridgehead atoms. The van der Waals surface area contributed by atoms with E-state index < -0.39 is 0 Å². The zero-order chi connectivity index (χ0) is 12.1. The summed E-state index contributed by atoms with van der Waals surface area (Å²) >= 11 is 0. The molecule has 0 unspecified atom stereocenters. The Morgan fingerprint density at radius 3 is 2.59 bits per heavy atom. The van der Waals surface area contributed by atoms with Crippen LogP contribution in [0.3, 0.4) is 0 Å². The summed E-state index contributed by atoms with van der Waals surface area (Å²) in [7, 11) is 4.01. The molecular weight excluding hydrogens is 218 g/mol. The molecule has 0 radical (unpaired) electrons. The van der Waals surface area contributed by atoms with Crippen LogP contribution in [0, 0.1) is 0 Å². The monoisotopic (exact) mass is 231 g/mol. The molecule has 0 aliphatic rings. The van der Waals surface area contributed by atoms with E-state index in [1.54, 1.807) is 0 Å². The van der Waals surface area contributed by atoms with Crippen LogP contribution < -0.4 is 4.90 Å². The summed E-state index contributed by atoms with van der Waals surface area (Å²) in [6, 6.07) is 8.12. The van der Waals surface area contributed by atoms with Crippen LogP contribution in [-0.4, -0.2) is 34.7 Å². The predicted molar refractivity (Wildman–Crippen MR) is 63.2 cm³/mol. The highest BCUT2D eigenvalue weighted by molar-refractivity contribution is 5.45. The molecule has 1 aromatic carbocycles. The second-order valence-electron chi connectivity index (χ2n) is 3.67. The zero-order valence-electron chi connectivity index (χ0n) is 9.70. The normalized spacial score (nSPS) is 10.9. The molecule has 0 aliphatic heterocycles. The largest absolute Gasteiger partial charge is 0.378 e. The molecule has 17 heavy (non-hydrogen) atoms. The molecule has 2 rings (SSSR count). The summed E-state index contributed by atoms with van der Waals surface area (Å²) in [6.07, 6.45) is 0. The van der Waals surface area contributed by atoms with E-state index in [-0.39, 0.29) is 5.95 Å². The lowest BCUT2D eigenvalue weighted by Gasteiger charge is -2.11. The quantitative estimate of drug-likeness (QED) is 0.809. The van der Waals surface area contributed by atoms with Gasteiger partial charge in [0.25, 0.3) is 0 Å². The Morgan fingerprint density at radius 1 is 1.24 bits per heavy atom. The highest BCUT2D eigenvalue weighted by atomic mass is 15.5. The molecule has 0 fully saturated rings. The van der Waals surface area contributed by atoms with Gasteiger partial charge < -0.3 is 4.90 Å². The molecule has 0 saturated carbocycles. The van der Waals surface area contributed by atoms with Crippen LogP contribution in [0.1, 0.15) is 5.56 Å². The molecule has 7 heteroatoms. The van der Waals surface area contributed by atoms with Crippen molar-refractivity contribution in [2.75, 3.05) is 19.0 Å². The molecule has 2 aromatic rings. The van der Waals surface area contributed by atoms with Crippen molar-refractivity contribution in [2.24, 2.45) is 10.2 Å². The summed E-state index contributed by atoms with van der Waals surface area (Å²) < 4.78 is 0. The fraction of sp³-hybridized carbons (Fsp3) is 0.300. The van der Waals surface area contributed by atoms with Gasteiger partial charge in [0.1, 0.15) is 0 Å². The Balaban J connectivity index is 1.95. The van der Waals surface area contributed by atoms with Gasteiger partial charge in [-0.3, -0.25) is 0 Å². The van der Waals surface area contributed by atoms with Gasteiger partial charge in [0.05, 0.1) is 6.54 Å². The van der Waals surface area contributed by atoms with Crippen molar-refractivity contribution in [1.82, 2.24) is 20.6 Å². The predicted octanol–water partition coefficient (Wildman–Crippen LogP) is 1.55. The van der Waals surface area contributed by atoms with Crippen molar-refractivity contribution in [3.05, 3.63) is 29.8 Å². The maximum atomic E-state index is 3.98. The molecule has 0 atom stereocenters. The molecule has 1 aromatic heterocycles. The van der Waals surface area contributed by atoms with Gasteiger partial charge in [-0.1, -0.05) is 17.2 Å². The number of nitrogens with zero attached hydrogens (tertiary/aromatic N) is 6. The molecule has 0 spiro atoms. The first-order valence-electron chi connectivity index (χ1n) is 5.13. The van der Waals surface area contributed by atoms with Crippen molar-refractivity contribution >= 4 is 11.6 Å². The number of tetrazole rings is 1. The molecular formula is C10H13N7. The van der Waals surface area contributed by atoms with Crippen LogP contribution in [0.25, 0.3) is 0 Å². The molecule has 0 aliphatic carbocycles. The van der Waals surface area contributed by atoms with E-state index in [4.69, 9.17) is 0 Å². The summed E-state index contributed by atoms with van der Waals surface area (Å²) in [6.45, 7) is 0.502. The van der Waals surface area contributed by atoms with E-state index >= 15 is 0 Å². The number of anilines is 1. The Bertz CT molecular complexity index is 472. The minimum atomic E-state index is 0.245. The minimum absolute atomic E-state index is 0.245. The second-order valence-corrected chi connectivity index (χ2v) is 3.67. The Hall–Kier alpha value is -2.31. The Morgan fingerprint density at radius 2 is 2.00 bits per heavy atom. The Kier molecular flexibility index (Phi) is 3.39. The van der Waals surface area contributed by atoms with E-state index in [1.165, 1.54) is 0 Å². The van der Waals surface area contributed by atoms with Crippen molar-refractivity contribution in [1.29, 1.82) is 0 Å². The summed E-state index contributed by atoms with van der Waals surface area (Å²) in [4.78, 5) is 2.05. The van der Waals surface area contributed by atoms with Crippen molar-refractivity contribution in [3.63, 3.8) is 0 Å². The van der Waals surface area contributed by atoms with Gasteiger partial charge in [0, 0.05) is 19.8 Å². The maximum absolute atomic E-state index is 3.98. The molecule has 0 saturated heterocycles. The van der Waals surface area contributed by atoms with Gasteiger partial charge >= 0.3 is 5.95 Å². The summed E-state index contributed by atoms with van der Waals surface area (Å²) in [5.41, 5.74) is 2.24. The van der Waals surface area contributed by atoms with Gasteiger partial charge in [-0.15, -0.1) is 10.2 Å². The number of nitrogens with one attached hydrogen (secondary N) is 1. The van der Waals surface area contributed by atoms with E-state index in [0.29, 0.717) is 6.54 Å². The Labute approximate surface area is 98.6 Å². The van der Waals surface area contributed by atoms with Crippen molar-refractivity contribution < 1.29 is 0 Å². The number of hydrogen-bond donors (Lipinski definition) is 1. The minimum Gasteiger partial charge on any atom is -0.378 e. The number of hydrogen-bond acceptors (Lipinski definition) is 6. The van der Waals surface area contributed by atoms with Crippen LogP contribution >= 0.6 is 0 Å². The maximum Gasteiger partial charge on any atom is 0.307 e. The van der Waals surface area contributed by atoms with E-state index in [2.05, 4.69) is 30.9 Å². The van der Waals surface area contributed by atoms with Crippen LogP contribution in [0.2, 0.25) is 0 Å². The lowest BCUT2D eigenvalue weighted by molar-refractivity contribution is 0.881. The first-order chi connectivity index (χ1) is 8.25. The third-order valence-electron chi connectivity index (χ3n) is 2.20. The van der Waals surface area contributed by atoms with Gasteiger partial charge in [0.2, 0.25) is 0 Å². The topological polar surface area (TPSA) is 82.4 Å². The molecule has 88 valence electrons. The average molecular weight is 231 g/mol. The average Bonchev–Trinajstić information content (AvgIpc) is 2.83. The first-order valence-corrected chi connectivity index (χ1v) is 5.13. The standard InChI is InChI=1S/C10H13N7/c1-17(2)9-5-3-8(4-6-9)7-11-12-10-13-15-16-14-10/h3-6H,7H2,1-2H3,(H,13,14,15,16). The highest BCUT2D eigenvalue weighted by Crippen LogP contribution is 2.13. The third kappa shape index (κ3) is 3.07. The van der Waals surface area contributed by atoms with Gasteiger partial charge in [-0.25, -0.2) is 0 Å². The molecule has 0 amide bonds. The number of benzene rings is 1. The summed E-state index contributed by atoms with van der Waals surface area (Å²) in [5, 5.41) is 20.8. The number of aromatic amines is 1. The number of rotatable bonds is 4. The van der Waals surface area contributed by atoms with Crippen molar-refractivity contribution in [2.45, 2.75) is 6.54 Å². The lowest BCUT2D eigenvalue weighted by atomic mass is 10.2. The van der Waals surface area contributed by atoms with Gasteiger partial charge in [0.15, 0.2) is 0 Å². The lowest BCUT2D eigenvalue weighted by Crippen LogP contribution is -2.08. The fourth-order valence-electron chi connectivity index (χ4n) is 1.28. The van der Waals surface area contributed by atoms with Crippen LogP contribution in [0.4, 0.5) is 11.6 Å². The number of aromatic nitrogens is 4. The van der Waals surface area contributed by atoms with Crippen LogP contribution in [0.15, 0.2) is 34.5 Å². The third-order valence-corrected chi connectivity index (χ3v) is 2.20.